The van der Waals surface area contributed by atoms with Crippen LogP contribution in [0.5, 0.6) is 0 Å². The van der Waals surface area contributed by atoms with Gasteiger partial charge < -0.3 is 9.84 Å². The molecule has 7 heteroatoms. The Labute approximate surface area is 119 Å². The molecule has 0 fully saturated rings. The second kappa shape index (κ2) is 5.22. The van der Waals surface area contributed by atoms with Crippen LogP contribution in [-0.4, -0.2) is 16.2 Å². The van der Waals surface area contributed by atoms with Crippen LogP contribution in [0.3, 0.4) is 0 Å². The molecule has 6 nitrogen and oxygen atoms in total. The second-order valence-corrected chi connectivity index (χ2v) is 4.39. The molecule has 0 atom stereocenters. The van der Waals surface area contributed by atoms with Gasteiger partial charge in [-0.1, -0.05) is 30.1 Å². The molecule has 20 heavy (non-hydrogen) atoms. The van der Waals surface area contributed by atoms with Crippen molar-refractivity contribution < 1.29 is 9.32 Å². The lowest BCUT2D eigenvalue weighted by Gasteiger charge is -2.13. The highest BCUT2D eigenvalue weighted by atomic mass is 32.1. The van der Waals surface area contributed by atoms with Crippen LogP contribution < -0.4 is 9.62 Å². The second-order valence-electron chi connectivity index (χ2n) is 3.99. The number of anilines is 2. The minimum Gasteiger partial charge on any atom is -0.354 e. The number of fused-ring (bicyclic) bond motifs is 1. The van der Waals surface area contributed by atoms with Crippen molar-refractivity contribution >= 4 is 41.3 Å². The van der Waals surface area contributed by atoms with Crippen LogP contribution in [0.15, 0.2) is 53.3 Å². The largest absolute Gasteiger partial charge is 0.354 e. The topological polar surface area (TPSA) is 71.3 Å². The highest BCUT2D eigenvalue weighted by molar-refractivity contribution is 7.82. The highest BCUT2D eigenvalue weighted by Gasteiger charge is 2.19. The van der Waals surface area contributed by atoms with Gasteiger partial charge in [0.05, 0.1) is 17.3 Å². The normalized spacial score (nSPS) is 10.4. The van der Waals surface area contributed by atoms with E-state index < -0.39 is 6.03 Å². The predicted molar refractivity (Wildman–Crippen MR) is 78.7 cm³/mol. The Bertz CT molecular complexity index is 744. The summed E-state index contributed by atoms with van der Waals surface area (Å²) in [6.45, 7) is 0. The molecule has 0 saturated carbocycles. The van der Waals surface area contributed by atoms with E-state index in [-0.39, 0.29) is 0 Å². The van der Waals surface area contributed by atoms with Crippen molar-refractivity contribution in [3.05, 3.63) is 48.8 Å². The Morgan fingerprint density at radius 3 is 2.90 bits per heavy atom. The average Bonchev–Trinajstić information content (AvgIpc) is 2.91. The number of pyridine rings is 1. The summed E-state index contributed by atoms with van der Waals surface area (Å²) in [5.74, 6) is 0.338. The number of carbonyl (C=O) groups excluding carboxylic acids is 1. The number of urea groups is 1. The molecule has 0 aliphatic carbocycles. The molecule has 0 saturated heterocycles. The molecule has 0 aliphatic heterocycles. The quantitative estimate of drug-likeness (QED) is 0.710. The lowest BCUT2D eigenvalue weighted by atomic mass is 10.2. The number of para-hydroxylation sites is 1. The molecular formula is C13H10N4O2S. The van der Waals surface area contributed by atoms with Crippen molar-refractivity contribution in [1.29, 1.82) is 0 Å². The fraction of sp³-hybridized carbons (Fsp3) is 0. The van der Waals surface area contributed by atoms with Gasteiger partial charge in [-0.05, 0) is 24.3 Å². The van der Waals surface area contributed by atoms with Crippen LogP contribution in [-0.2, 0) is 0 Å². The monoisotopic (exact) mass is 286 g/mol. The van der Waals surface area contributed by atoms with E-state index in [1.807, 2.05) is 18.2 Å². The van der Waals surface area contributed by atoms with E-state index in [0.717, 1.165) is 4.31 Å². The fourth-order valence-electron chi connectivity index (χ4n) is 1.73. The summed E-state index contributed by atoms with van der Waals surface area (Å²) in [6, 6.07) is 10.3. The molecule has 100 valence electrons. The Balaban J connectivity index is 1.85. The number of nitrogens with zero attached hydrogens (tertiary/aromatic N) is 3. The molecule has 0 bridgehead atoms. The standard InChI is InChI=1S/C13H10N4O2S/c18-13(15-9-4-3-7-14-8-9)17(20)12-10-5-1-2-6-11(10)19-16-12/h1-8,20H,(H,15,18). The maximum atomic E-state index is 12.1. The molecule has 0 unspecified atom stereocenters. The van der Waals surface area contributed by atoms with Crippen molar-refractivity contribution in [1.82, 2.24) is 10.1 Å². The van der Waals surface area contributed by atoms with Gasteiger partial charge in [-0.15, -0.1) is 0 Å². The smallest absolute Gasteiger partial charge is 0.337 e. The van der Waals surface area contributed by atoms with Gasteiger partial charge in [0, 0.05) is 6.20 Å². The van der Waals surface area contributed by atoms with Crippen molar-refractivity contribution in [3.8, 4) is 0 Å². The Kier molecular flexibility index (Phi) is 3.26. The number of rotatable bonds is 2. The first kappa shape index (κ1) is 12.5. The summed E-state index contributed by atoms with van der Waals surface area (Å²) >= 11 is 4.17. The van der Waals surface area contributed by atoms with E-state index in [4.69, 9.17) is 4.52 Å². The molecular weight excluding hydrogens is 276 g/mol. The van der Waals surface area contributed by atoms with Crippen LogP contribution in [0.2, 0.25) is 0 Å². The van der Waals surface area contributed by atoms with E-state index in [1.165, 1.54) is 0 Å². The Morgan fingerprint density at radius 1 is 1.25 bits per heavy atom. The summed E-state index contributed by atoms with van der Waals surface area (Å²) < 4.78 is 6.23. The number of aromatic nitrogens is 2. The number of nitrogens with one attached hydrogen (secondary N) is 1. The summed E-state index contributed by atoms with van der Waals surface area (Å²) in [5, 5.41) is 7.23. The maximum absolute atomic E-state index is 12.1. The third kappa shape index (κ3) is 2.30. The van der Waals surface area contributed by atoms with Gasteiger partial charge in [0.25, 0.3) is 0 Å². The molecule has 2 heterocycles. The van der Waals surface area contributed by atoms with Gasteiger partial charge in [0.15, 0.2) is 11.4 Å². The minimum absolute atomic E-state index is 0.338. The third-order valence-electron chi connectivity index (χ3n) is 2.66. The van der Waals surface area contributed by atoms with Gasteiger partial charge in [-0.3, -0.25) is 4.98 Å². The summed E-state index contributed by atoms with van der Waals surface area (Å²) in [4.78, 5) is 16.0. The van der Waals surface area contributed by atoms with Crippen LogP contribution in [0.25, 0.3) is 11.0 Å². The molecule has 0 spiro atoms. The van der Waals surface area contributed by atoms with Gasteiger partial charge in [-0.25, -0.2) is 9.10 Å². The zero-order valence-corrected chi connectivity index (χ0v) is 11.1. The Morgan fingerprint density at radius 2 is 2.10 bits per heavy atom. The van der Waals surface area contributed by atoms with Crippen molar-refractivity contribution in [2.45, 2.75) is 0 Å². The molecule has 3 rings (SSSR count). The average molecular weight is 286 g/mol. The van der Waals surface area contributed by atoms with Crippen LogP contribution >= 0.6 is 12.8 Å². The van der Waals surface area contributed by atoms with Crippen LogP contribution in [0, 0.1) is 0 Å². The summed E-state index contributed by atoms with van der Waals surface area (Å²) in [6.07, 6.45) is 3.17. The summed E-state index contributed by atoms with van der Waals surface area (Å²) in [5.41, 5.74) is 1.17. The summed E-state index contributed by atoms with van der Waals surface area (Å²) in [7, 11) is 0. The molecule has 1 N–H and O–H groups in total. The van der Waals surface area contributed by atoms with Crippen molar-refractivity contribution in [2.24, 2.45) is 0 Å². The molecule has 1 aromatic carbocycles. The first-order chi connectivity index (χ1) is 9.75. The lowest BCUT2D eigenvalue weighted by molar-refractivity contribution is 0.260. The third-order valence-corrected chi connectivity index (χ3v) is 3.04. The van der Waals surface area contributed by atoms with Gasteiger partial charge in [-0.2, -0.15) is 0 Å². The molecule has 3 aromatic rings. The number of thiol groups is 1. The van der Waals surface area contributed by atoms with Crippen molar-refractivity contribution in [2.75, 3.05) is 9.62 Å². The van der Waals surface area contributed by atoms with E-state index in [1.54, 1.807) is 30.6 Å². The lowest BCUT2D eigenvalue weighted by Crippen LogP contribution is -2.27. The van der Waals surface area contributed by atoms with Crippen LogP contribution in [0.4, 0.5) is 16.3 Å². The predicted octanol–water partition coefficient (Wildman–Crippen LogP) is 3.11. The van der Waals surface area contributed by atoms with Gasteiger partial charge in [0.1, 0.15) is 0 Å². The SMILES string of the molecule is O=C(Nc1cccnc1)N(S)c1noc2ccccc12. The number of hydrogen-bond acceptors (Lipinski definition) is 5. The number of carbonyl (C=O) groups is 1. The maximum Gasteiger partial charge on any atom is 0.337 e. The Hall–Kier alpha value is -2.54. The van der Waals surface area contributed by atoms with Crippen molar-refractivity contribution in [3.63, 3.8) is 0 Å². The number of benzene rings is 1. The highest BCUT2D eigenvalue weighted by Crippen LogP contribution is 2.27. The van der Waals surface area contributed by atoms with E-state index in [9.17, 15) is 4.79 Å². The number of hydrogen-bond donors (Lipinski definition) is 2. The molecule has 2 aromatic heterocycles. The fourth-order valence-corrected chi connectivity index (χ4v) is 1.93. The van der Waals surface area contributed by atoms with E-state index in [0.29, 0.717) is 22.5 Å². The first-order valence-corrected chi connectivity index (χ1v) is 6.20. The molecule has 2 amide bonds. The molecule has 0 aliphatic rings. The first-order valence-electron chi connectivity index (χ1n) is 5.80. The van der Waals surface area contributed by atoms with Crippen LogP contribution in [0.1, 0.15) is 0 Å². The minimum atomic E-state index is -0.444. The number of amides is 2. The van der Waals surface area contributed by atoms with E-state index >= 15 is 0 Å². The zero-order chi connectivity index (χ0) is 13.9. The van der Waals surface area contributed by atoms with Gasteiger partial charge in [0.2, 0.25) is 0 Å². The van der Waals surface area contributed by atoms with Gasteiger partial charge >= 0.3 is 6.03 Å². The van der Waals surface area contributed by atoms with E-state index in [2.05, 4.69) is 28.3 Å². The molecule has 0 radical (unpaired) electrons. The zero-order valence-electron chi connectivity index (χ0n) is 10.2.